The zero-order valence-corrected chi connectivity index (χ0v) is 11.7. The number of anilines is 2. The van der Waals surface area contributed by atoms with Gasteiger partial charge >= 0.3 is 0 Å². The first-order chi connectivity index (χ1) is 9.06. The molecule has 0 bridgehead atoms. The summed E-state index contributed by atoms with van der Waals surface area (Å²) in [5, 5.41) is 3.35. The van der Waals surface area contributed by atoms with Gasteiger partial charge in [-0.05, 0) is 13.0 Å². The summed E-state index contributed by atoms with van der Waals surface area (Å²) in [7, 11) is 0. The number of hydrogen-bond donors (Lipinski definition) is 2. The number of nitrogens with two attached hydrogens (primary N) is 1. The van der Waals surface area contributed by atoms with Gasteiger partial charge in [0.15, 0.2) is 0 Å². The van der Waals surface area contributed by atoms with E-state index in [2.05, 4.69) is 17.1 Å². The summed E-state index contributed by atoms with van der Waals surface area (Å²) < 4.78 is 18.5. The van der Waals surface area contributed by atoms with Crippen molar-refractivity contribution in [2.75, 3.05) is 43.9 Å². The van der Waals surface area contributed by atoms with Gasteiger partial charge in [0.05, 0.1) is 29.6 Å². The lowest BCUT2D eigenvalue weighted by Gasteiger charge is -2.30. The number of ether oxygens (including phenoxy) is 1. The number of nitrogens with one attached hydrogen (secondary N) is 1. The third kappa shape index (κ3) is 3.96. The van der Waals surface area contributed by atoms with E-state index in [9.17, 15) is 4.39 Å². The number of rotatable bonds is 4. The summed E-state index contributed by atoms with van der Waals surface area (Å²) in [5.74, 6) is -0.495. The van der Waals surface area contributed by atoms with Crippen molar-refractivity contribution in [2.24, 2.45) is 0 Å². The molecule has 3 N–H and O–H groups in total. The van der Waals surface area contributed by atoms with Gasteiger partial charge in [-0.3, -0.25) is 4.90 Å². The molecule has 0 saturated carbocycles. The minimum Gasteiger partial charge on any atom is -0.397 e. The van der Waals surface area contributed by atoms with Gasteiger partial charge in [-0.15, -0.1) is 0 Å². The van der Waals surface area contributed by atoms with Crippen molar-refractivity contribution in [3.63, 3.8) is 0 Å². The highest BCUT2D eigenvalue weighted by Gasteiger charge is 2.15. The minimum absolute atomic E-state index is 0.0790. The highest BCUT2D eigenvalue weighted by Crippen LogP contribution is 2.26. The zero-order chi connectivity index (χ0) is 13.8. The van der Waals surface area contributed by atoms with Crippen LogP contribution in [0.3, 0.4) is 0 Å². The molecule has 19 heavy (non-hydrogen) atoms. The summed E-state index contributed by atoms with van der Waals surface area (Å²) >= 11 is 5.76. The third-order valence-corrected chi connectivity index (χ3v) is 3.42. The van der Waals surface area contributed by atoms with Crippen molar-refractivity contribution >= 4 is 23.0 Å². The Kier molecular flexibility index (Phi) is 4.85. The average Bonchev–Trinajstić information content (AvgIpc) is 2.37. The highest BCUT2D eigenvalue weighted by atomic mass is 35.5. The Morgan fingerprint density at radius 3 is 2.84 bits per heavy atom. The van der Waals surface area contributed by atoms with Crippen LogP contribution in [0.2, 0.25) is 5.02 Å². The Labute approximate surface area is 117 Å². The van der Waals surface area contributed by atoms with Gasteiger partial charge in [0, 0.05) is 31.7 Å². The Balaban J connectivity index is 1.94. The molecule has 1 aliphatic rings. The Morgan fingerprint density at radius 2 is 2.16 bits per heavy atom. The van der Waals surface area contributed by atoms with Crippen molar-refractivity contribution in [3.05, 3.63) is 23.0 Å². The van der Waals surface area contributed by atoms with Crippen molar-refractivity contribution in [2.45, 2.75) is 13.0 Å². The topological polar surface area (TPSA) is 50.5 Å². The second-order valence-electron chi connectivity index (χ2n) is 4.81. The first-order valence-electron chi connectivity index (χ1n) is 6.37. The van der Waals surface area contributed by atoms with Crippen LogP contribution in [0.5, 0.6) is 0 Å². The fourth-order valence-electron chi connectivity index (χ4n) is 2.17. The van der Waals surface area contributed by atoms with E-state index in [1.807, 2.05) is 0 Å². The van der Waals surface area contributed by atoms with Crippen LogP contribution in [-0.2, 0) is 4.74 Å². The summed E-state index contributed by atoms with van der Waals surface area (Å²) in [4.78, 5) is 2.32. The van der Waals surface area contributed by atoms with Gasteiger partial charge in [0.2, 0.25) is 0 Å². The molecule has 1 heterocycles. The molecule has 106 valence electrons. The Bertz CT molecular complexity index is 438. The van der Waals surface area contributed by atoms with Gasteiger partial charge in [0.25, 0.3) is 0 Å². The van der Waals surface area contributed by atoms with Crippen molar-refractivity contribution < 1.29 is 9.13 Å². The molecule has 0 amide bonds. The smallest absolute Gasteiger partial charge is 0.143 e. The van der Waals surface area contributed by atoms with E-state index >= 15 is 0 Å². The first kappa shape index (κ1) is 14.4. The third-order valence-electron chi connectivity index (χ3n) is 3.13. The average molecular weight is 288 g/mol. The first-order valence-corrected chi connectivity index (χ1v) is 6.75. The number of benzene rings is 1. The lowest BCUT2D eigenvalue weighted by molar-refractivity contribution is 0.0368. The molecule has 4 nitrogen and oxygen atoms in total. The van der Waals surface area contributed by atoms with Crippen LogP contribution < -0.4 is 11.1 Å². The maximum absolute atomic E-state index is 13.2. The molecule has 0 aliphatic carbocycles. The normalized spacial score (nSPS) is 18.3. The Morgan fingerprint density at radius 1 is 1.47 bits per heavy atom. The molecule has 1 aromatic rings. The quantitative estimate of drug-likeness (QED) is 0.834. The van der Waals surface area contributed by atoms with Crippen molar-refractivity contribution in [1.82, 2.24) is 4.90 Å². The van der Waals surface area contributed by atoms with Gasteiger partial charge in [-0.1, -0.05) is 11.6 Å². The van der Waals surface area contributed by atoms with Gasteiger partial charge < -0.3 is 15.8 Å². The number of morpholine rings is 1. The second-order valence-corrected chi connectivity index (χ2v) is 5.22. The molecule has 1 saturated heterocycles. The van der Waals surface area contributed by atoms with E-state index in [1.165, 1.54) is 12.1 Å². The monoisotopic (exact) mass is 287 g/mol. The van der Waals surface area contributed by atoms with Crippen molar-refractivity contribution in [1.29, 1.82) is 0 Å². The van der Waals surface area contributed by atoms with E-state index < -0.39 is 5.82 Å². The largest absolute Gasteiger partial charge is 0.397 e. The van der Waals surface area contributed by atoms with Crippen LogP contribution in [0.15, 0.2) is 12.1 Å². The van der Waals surface area contributed by atoms with Crippen LogP contribution in [0.1, 0.15) is 6.92 Å². The minimum atomic E-state index is -0.495. The lowest BCUT2D eigenvalue weighted by Crippen LogP contribution is -2.42. The summed E-state index contributed by atoms with van der Waals surface area (Å²) in [6.45, 7) is 6.37. The van der Waals surface area contributed by atoms with Gasteiger partial charge in [0.1, 0.15) is 5.82 Å². The van der Waals surface area contributed by atoms with Crippen LogP contribution in [0.4, 0.5) is 15.8 Å². The molecule has 1 atom stereocenters. The molecule has 0 aromatic heterocycles. The maximum atomic E-state index is 13.2. The molecule has 1 fully saturated rings. The lowest BCUT2D eigenvalue weighted by atomic mass is 10.2. The molecule has 0 spiro atoms. The van der Waals surface area contributed by atoms with Crippen LogP contribution >= 0.6 is 11.6 Å². The SMILES string of the molecule is CC(CN1CCOCC1)Nc1cc(Cl)c(F)cc1N. The molecular formula is C13H19ClFN3O. The standard InChI is InChI=1S/C13H19ClFN3O/c1-9(8-18-2-4-19-5-3-18)17-13-6-10(14)11(15)7-12(13)16/h6-7,9,17H,2-5,8,16H2,1H3. The van der Waals surface area contributed by atoms with Crippen LogP contribution in [0, 0.1) is 5.82 Å². The van der Waals surface area contributed by atoms with E-state index in [1.54, 1.807) is 0 Å². The molecule has 1 aromatic carbocycles. The molecule has 6 heteroatoms. The fourth-order valence-corrected chi connectivity index (χ4v) is 2.33. The number of nitrogen functional groups attached to an aromatic ring is 1. The van der Waals surface area contributed by atoms with E-state index in [0.29, 0.717) is 11.4 Å². The predicted molar refractivity (Wildman–Crippen MR) is 76.2 cm³/mol. The van der Waals surface area contributed by atoms with E-state index in [-0.39, 0.29) is 11.1 Å². The van der Waals surface area contributed by atoms with Crippen LogP contribution in [0.25, 0.3) is 0 Å². The van der Waals surface area contributed by atoms with E-state index in [0.717, 1.165) is 32.8 Å². The number of nitrogens with zero attached hydrogens (tertiary/aromatic N) is 1. The summed E-state index contributed by atoms with van der Waals surface area (Å²) in [6, 6.07) is 2.97. The zero-order valence-electron chi connectivity index (χ0n) is 11.0. The maximum Gasteiger partial charge on any atom is 0.143 e. The molecule has 1 unspecified atom stereocenters. The summed E-state index contributed by atoms with van der Waals surface area (Å²) in [5.41, 5.74) is 6.82. The molecule has 0 radical (unpaired) electrons. The number of hydrogen-bond acceptors (Lipinski definition) is 4. The van der Waals surface area contributed by atoms with Crippen molar-refractivity contribution in [3.8, 4) is 0 Å². The summed E-state index contributed by atoms with van der Waals surface area (Å²) in [6.07, 6.45) is 0. The fraction of sp³-hybridized carbons (Fsp3) is 0.538. The molecular weight excluding hydrogens is 269 g/mol. The molecule has 2 rings (SSSR count). The highest BCUT2D eigenvalue weighted by molar-refractivity contribution is 6.31. The second kappa shape index (κ2) is 6.41. The van der Waals surface area contributed by atoms with Crippen LogP contribution in [-0.4, -0.2) is 43.8 Å². The van der Waals surface area contributed by atoms with Gasteiger partial charge in [-0.25, -0.2) is 4.39 Å². The Hall–Kier alpha value is -1.04. The van der Waals surface area contributed by atoms with E-state index in [4.69, 9.17) is 22.1 Å². The number of halogens is 2. The molecule has 1 aliphatic heterocycles. The van der Waals surface area contributed by atoms with Gasteiger partial charge in [-0.2, -0.15) is 0 Å². The predicted octanol–water partition coefficient (Wildman–Crippen LogP) is 2.19.